The van der Waals surface area contributed by atoms with Gasteiger partial charge in [-0.1, -0.05) is 6.92 Å². The summed E-state index contributed by atoms with van der Waals surface area (Å²) >= 11 is 0. The van der Waals surface area contributed by atoms with Crippen molar-refractivity contribution in [3.05, 3.63) is 41.7 Å². The molecule has 3 aromatic rings. The summed E-state index contributed by atoms with van der Waals surface area (Å²) in [6, 6.07) is 6.67. The van der Waals surface area contributed by atoms with Crippen molar-refractivity contribution in [3.63, 3.8) is 0 Å². The molecule has 0 spiro atoms. The Balaban J connectivity index is 2.15. The van der Waals surface area contributed by atoms with Crippen LogP contribution in [0.25, 0.3) is 16.9 Å². The highest BCUT2D eigenvalue weighted by Crippen LogP contribution is 2.35. The topological polar surface area (TPSA) is 77.8 Å². The van der Waals surface area contributed by atoms with Crippen LogP contribution < -0.4 is 14.8 Å². The fourth-order valence-electron chi connectivity index (χ4n) is 2.83. The number of nitrogens with one attached hydrogen (secondary N) is 1. The quantitative estimate of drug-likeness (QED) is 0.651. The van der Waals surface area contributed by atoms with E-state index in [9.17, 15) is 18.0 Å². The van der Waals surface area contributed by atoms with E-state index in [-0.39, 0.29) is 23.1 Å². The number of methoxy groups -OCH3 is 2. The van der Waals surface area contributed by atoms with Crippen molar-refractivity contribution in [2.45, 2.75) is 32.5 Å². The third kappa shape index (κ3) is 4.17. The minimum Gasteiger partial charge on any atom is -0.493 e. The summed E-state index contributed by atoms with van der Waals surface area (Å²) in [5.74, 6) is 0.231. The Morgan fingerprint density at radius 3 is 2.47 bits per heavy atom. The molecular weight excluding hydrogens is 401 g/mol. The van der Waals surface area contributed by atoms with Gasteiger partial charge in [0.15, 0.2) is 28.5 Å². The highest BCUT2D eigenvalue weighted by molar-refractivity contribution is 5.93. The maximum atomic E-state index is 13.7. The summed E-state index contributed by atoms with van der Waals surface area (Å²) in [7, 11) is 2.89. The van der Waals surface area contributed by atoms with Gasteiger partial charge in [-0.2, -0.15) is 18.3 Å². The Morgan fingerprint density at radius 2 is 1.87 bits per heavy atom. The van der Waals surface area contributed by atoms with Crippen molar-refractivity contribution in [1.29, 1.82) is 0 Å². The van der Waals surface area contributed by atoms with E-state index in [1.165, 1.54) is 26.4 Å². The number of hydrogen-bond donors (Lipinski definition) is 1. The molecule has 1 atom stereocenters. The van der Waals surface area contributed by atoms with Crippen molar-refractivity contribution in [1.82, 2.24) is 19.9 Å². The number of halogens is 3. The van der Waals surface area contributed by atoms with Crippen LogP contribution in [0.15, 0.2) is 30.3 Å². The van der Waals surface area contributed by atoms with Crippen LogP contribution in [-0.2, 0) is 6.18 Å². The van der Waals surface area contributed by atoms with Crippen LogP contribution in [0.2, 0.25) is 0 Å². The van der Waals surface area contributed by atoms with Crippen LogP contribution in [0.5, 0.6) is 11.5 Å². The Labute approximate surface area is 170 Å². The lowest BCUT2D eigenvalue weighted by molar-refractivity contribution is -0.142. The normalized spacial score (nSPS) is 12.6. The third-order valence-electron chi connectivity index (χ3n) is 4.62. The molecule has 0 aliphatic heterocycles. The lowest BCUT2D eigenvalue weighted by Crippen LogP contribution is -2.32. The predicted molar refractivity (Wildman–Crippen MR) is 104 cm³/mol. The Morgan fingerprint density at radius 1 is 1.17 bits per heavy atom. The molecule has 3 rings (SSSR count). The van der Waals surface area contributed by atoms with E-state index in [0.29, 0.717) is 28.0 Å². The zero-order valence-corrected chi connectivity index (χ0v) is 16.9. The zero-order chi connectivity index (χ0) is 22.1. The van der Waals surface area contributed by atoms with Crippen molar-refractivity contribution in [2.75, 3.05) is 14.2 Å². The van der Waals surface area contributed by atoms with Crippen LogP contribution in [0.4, 0.5) is 13.2 Å². The first-order chi connectivity index (χ1) is 14.2. The van der Waals surface area contributed by atoms with Crippen LogP contribution >= 0.6 is 0 Å². The minimum atomic E-state index is -4.71. The first-order valence-electron chi connectivity index (χ1n) is 9.19. The molecule has 0 aliphatic carbocycles. The number of rotatable bonds is 6. The van der Waals surface area contributed by atoms with Crippen LogP contribution in [0.3, 0.4) is 0 Å². The van der Waals surface area contributed by atoms with Gasteiger partial charge in [-0.3, -0.25) is 4.79 Å². The summed E-state index contributed by atoms with van der Waals surface area (Å²) in [6.45, 7) is 3.68. The summed E-state index contributed by atoms with van der Waals surface area (Å²) in [5.41, 5.74) is -0.821. The number of hydrogen-bond acceptors (Lipinski definition) is 5. The molecule has 160 valence electrons. The molecule has 0 radical (unpaired) electrons. The second-order valence-electron chi connectivity index (χ2n) is 6.68. The van der Waals surface area contributed by atoms with E-state index in [1.807, 2.05) is 6.92 Å². The van der Waals surface area contributed by atoms with Gasteiger partial charge >= 0.3 is 6.18 Å². The molecule has 0 unspecified atom stereocenters. The summed E-state index contributed by atoms with van der Waals surface area (Å²) < 4.78 is 52.2. The van der Waals surface area contributed by atoms with E-state index in [0.717, 1.165) is 6.07 Å². The standard InChI is InChI=1S/C20H21F3N4O3/c1-5-11(2)24-19(28)14-10-18-25-13(9-17(20(21,22)23)27(18)26-14)12-6-7-15(29-3)16(8-12)30-4/h6-11H,5H2,1-4H3,(H,24,28)/t11-/m1/s1. The van der Waals surface area contributed by atoms with Gasteiger partial charge in [0, 0.05) is 17.7 Å². The number of amides is 1. The van der Waals surface area contributed by atoms with Crippen molar-refractivity contribution >= 4 is 11.6 Å². The Hall–Kier alpha value is -3.30. The fourth-order valence-corrected chi connectivity index (χ4v) is 2.83. The maximum absolute atomic E-state index is 13.7. The Kier molecular flexibility index (Phi) is 5.86. The van der Waals surface area contributed by atoms with Gasteiger partial charge in [-0.25, -0.2) is 9.50 Å². The molecule has 2 heterocycles. The lowest BCUT2D eigenvalue weighted by Gasteiger charge is -2.12. The first-order valence-corrected chi connectivity index (χ1v) is 9.19. The van der Waals surface area contributed by atoms with Crippen LogP contribution in [0, 0.1) is 0 Å². The number of carbonyl (C=O) groups is 1. The molecule has 2 aromatic heterocycles. The predicted octanol–water partition coefficient (Wildman–Crippen LogP) is 3.96. The molecule has 0 aliphatic rings. The van der Waals surface area contributed by atoms with Crippen molar-refractivity contribution in [2.24, 2.45) is 0 Å². The molecule has 0 fully saturated rings. The number of aromatic nitrogens is 3. The molecule has 0 saturated heterocycles. The monoisotopic (exact) mass is 422 g/mol. The third-order valence-corrected chi connectivity index (χ3v) is 4.62. The van der Waals surface area contributed by atoms with Gasteiger partial charge in [0.1, 0.15) is 0 Å². The summed E-state index contributed by atoms with van der Waals surface area (Å²) in [6.07, 6.45) is -4.03. The van der Waals surface area contributed by atoms with E-state index in [1.54, 1.807) is 19.1 Å². The van der Waals surface area contributed by atoms with Gasteiger partial charge < -0.3 is 14.8 Å². The number of ether oxygens (including phenoxy) is 2. The molecule has 0 saturated carbocycles. The van der Waals surface area contributed by atoms with E-state index in [2.05, 4.69) is 15.4 Å². The SMILES string of the molecule is CC[C@@H](C)NC(=O)c1cc2nc(-c3ccc(OC)c(OC)c3)cc(C(F)(F)F)n2n1. The highest BCUT2D eigenvalue weighted by Gasteiger charge is 2.35. The van der Waals surface area contributed by atoms with E-state index in [4.69, 9.17) is 9.47 Å². The summed E-state index contributed by atoms with van der Waals surface area (Å²) in [4.78, 5) is 16.6. The molecular formula is C20H21F3N4O3. The molecule has 7 nitrogen and oxygen atoms in total. The highest BCUT2D eigenvalue weighted by atomic mass is 19.4. The average Bonchev–Trinajstić information content (AvgIpc) is 3.15. The molecule has 30 heavy (non-hydrogen) atoms. The average molecular weight is 422 g/mol. The minimum absolute atomic E-state index is 0.0598. The van der Waals surface area contributed by atoms with Crippen LogP contribution in [-0.4, -0.2) is 40.8 Å². The largest absolute Gasteiger partial charge is 0.493 e. The van der Waals surface area contributed by atoms with Gasteiger partial charge in [0.05, 0.1) is 19.9 Å². The number of carbonyl (C=O) groups excluding carboxylic acids is 1. The van der Waals surface area contributed by atoms with Crippen molar-refractivity contribution < 1.29 is 27.4 Å². The molecule has 1 amide bonds. The smallest absolute Gasteiger partial charge is 0.433 e. The van der Waals surface area contributed by atoms with Gasteiger partial charge in [-0.05, 0) is 37.6 Å². The first kappa shape index (κ1) is 21.4. The fraction of sp³-hybridized carbons (Fsp3) is 0.350. The zero-order valence-electron chi connectivity index (χ0n) is 16.9. The number of nitrogens with zero attached hydrogens (tertiary/aromatic N) is 3. The number of fused-ring (bicyclic) bond motifs is 1. The molecule has 0 bridgehead atoms. The van der Waals surface area contributed by atoms with Gasteiger partial charge in [0.2, 0.25) is 0 Å². The van der Waals surface area contributed by atoms with Gasteiger partial charge in [0.25, 0.3) is 5.91 Å². The van der Waals surface area contributed by atoms with Crippen LogP contribution in [0.1, 0.15) is 36.5 Å². The van der Waals surface area contributed by atoms with Crippen molar-refractivity contribution in [3.8, 4) is 22.8 Å². The van der Waals surface area contributed by atoms with E-state index < -0.39 is 17.8 Å². The summed E-state index contributed by atoms with van der Waals surface area (Å²) in [5, 5.41) is 6.52. The maximum Gasteiger partial charge on any atom is 0.433 e. The molecule has 1 aromatic carbocycles. The second kappa shape index (κ2) is 8.21. The second-order valence-corrected chi connectivity index (χ2v) is 6.68. The Bertz CT molecular complexity index is 1080. The molecule has 1 N–H and O–H groups in total. The van der Waals surface area contributed by atoms with Gasteiger partial charge in [-0.15, -0.1) is 0 Å². The number of alkyl halides is 3. The van der Waals surface area contributed by atoms with E-state index >= 15 is 0 Å². The number of benzene rings is 1. The lowest BCUT2D eigenvalue weighted by atomic mass is 10.1. The molecule has 10 heteroatoms.